The zero-order valence-electron chi connectivity index (χ0n) is 12.1. The van der Waals surface area contributed by atoms with Crippen LogP contribution in [0.5, 0.6) is 0 Å². The summed E-state index contributed by atoms with van der Waals surface area (Å²) in [6.45, 7) is 6.92. The Morgan fingerprint density at radius 3 is 1.40 bits per heavy atom. The van der Waals surface area contributed by atoms with Gasteiger partial charge in [-0.05, 0) is 37.8 Å². The van der Waals surface area contributed by atoms with Gasteiger partial charge in [-0.15, -0.1) is 0 Å². The van der Waals surface area contributed by atoms with Crippen molar-refractivity contribution < 1.29 is 19.3 Å². The molecular weight excluding hydrogens is 260 g/mol. The van der Waals surface area contributed by atoms with E-state index in [-0.39, 0.29) is 23.9 Å². The summed E-state index contributed by atoms with van der Waals surface area (Å²) in [5.74, 6) is -0.497. The number of hydrogen-bond acceptors (Lipinski definition) is 4. The molecule has 0 aliphatic heterocycles. The van der Waals surface area contributed by atoms with Crippen molar-refractivity contribution in [3.8, 4) is 0 Å². The van der Waals surface area contributed by atoms with E-state index in [4.69, 9.17) is 9.68 Å². The summed E-state index contributed by atoms with van der Waals surface area (Å²) < 4.78 is 0. The minimum Gasteiger partial charge on any atom is -0.274 e. The van der Waals surface area contributed by atoms with E-state index in [1.54, 1.807) is 0 Å². The van der Waals surface area contributed by atoms with Gasteiger partial charge < -0.3 is 0 Å². The fraction of sp³-hybridized carbons (Fsp3) is 0.571. The first kappa shape index (κ1) is 16.4. The topological polar surface area (TPSA) is 59.1 Å². The molecule has 1 fully saturated rings. The maximum Gasteiger partial charge on any atom is 0.269 e. The van der Waals surface area contributed by atoms with E-state index in [0.717, 1.165) is 25.7 Å². The quantitative estimate of drug-likeness (QED) is 0.546. The molecule has 0 saturated heterocycles. The Kier molecular flexibility index (Phi) is 6.41. The van der Waals surface area contributed by atoms with E-state index < -0.39 is 0 Å². The average molecular weight is 282 g/mol. The van der Waals surface area contributed by atoms with E-state index in [1.165, 1.54) is 36.5 Å². The molecule has 2 amide bonds. The number of carbonyl (C=O) groups is 2. The van der Waals surface area contributed by atoms with Gasteiger partial charge in [0, 0.05) is 0 Å². The molecule has 1 saturated carbocycles. The lowest BCUT2D eigenvalue weighted by Crippen LogP contribution is -2.46. The summed E-state index contributed by atoms with van der Waals surface area (Å²) in [5, 5.41) is 2.69. The van der Waals surface area contributed by atoms with Crippen LogP contribution in [0, 0.1) is 0 Å². The predicted octanol–water partition coefficient (Wildman–Crippen LogP) is 1.45. The van der Waals surface area contributed by atoms with Crippen molar-refractivity contribution in [1.82, 2.24) is 10.1 Å². The molecule has 0 aromatic rings. The third-order valence-electron chi connectivity index (χ3n) is 3.51. The van der Waals surface area contributed by atoms with Crippen LogP contribution in [0.15, 0.2) is 25.3 Å². The number of carbonyl (C=O) groups excluding carboxylic acids is 2. The molecular formula is C14H22N2O4. The number of hydroxylamine groups is 4. The molecule has 6 nitrogen and oxygen atoms in total. The first-order valence-electron chi connectivity index (χ1n) is 6.58. The van der Waals surface area contributed by atoms with E-state index >= 15 is 0 Å². The minimum absolute atomic E-state index is 0.000658. The van der Waals surface area contributed by atoms with Gasteiger partial charge in [0.25, 0.3) is 11.8 Å². The summed E-state index contributed by atoms with van der Waals surface area (Å²) in [7, 11) is 2.94. The van der Waals surface area contributed by atoms with Gasteiger partial charge in [0.05, 0.1) is 26.3 Å². The number of nitrogens with zero attached hydrogens (tertiary/aromatic N) is 2. The minimum atomic E-state index is -0.248. The maximum absolute atomic E-state index is 11.6. The van der Waals surface area contributed by atoms with Gasteiger partial charge >= 0.3 is 0 Å². The van der Waals surface area contributed by atoms with Crippen molar-refractivity contribution in [2.75, 3.05) is 14.2 Å². The van der Waals surface area contributed by atoms with E-state index in [2.05, 4.69) is 13.2 Å². The van der Waals surface area contributed by atoms with Crippen LogP contribution in [0.3, 0.4) is 0 Å². The van der Waals surface area contributed by atoms with Crippen molar-refractivity contribution in [2.24, 2.45) is 0 Å². The van der Waals surface area contributed by atoms with Crippen LogP contribution < -0.4 is 0 Å². The fourth-order valence-corrected chi connectivity index (χ4v) is 2.55. The van der Waals surface area contributed by atoms with Gasteiger partial charge in [-0.25, -0.2) is 10.1 Å². The van der Waals surface area contributed by atoms with Gasteiger partial charge in [-0.2, -0.15) is 0 Å². The van der Waals surface area contributed by atoms with Crippen LogP contribution >= 0.6 is 0 Å². The second-order valence-corrected chi connectivity index (χ2v) is 4.56. The predicted molar refractivity (Wildman–Crippen MR) is 74.1 cm³/mol. The van der Waals surface area contributed by atoms with Crippen LogP contribution in [0.25, 0.3) is 0 Å². The van der Waals surface area contributed by atoms with Gasteiger partial charge in [0.2, 0.25) is 0 Å². The highest BCUT2D eigenvalue weighted by atomic mass is 16.7. The van der Waals surface area contributed by atoms with Gasteiger partial charge in [0.1, 0.15) is 0 Å². The van der Waals surface area contributed by atoms with Crippen LogP contribution in [-0.4, -0.2) is 48.2 Å². The first-order chi connectivity index (χ1) is 9.58. The SMILES string of the molecule is C=CC(=O)N(OC)C1CCC(N(OC)C(=O)C=C)CC1. The van der Waals surface area contributed by atoms with E-state index in [0.29, 0.717) is 0 Å². The van der Waals surface area contributed by atoms with Crippen LogP contribution in [0.1, 0.15) is 25.7 Å². The van der Waals surface area contributed by atoms with Crippen molar-refractivity contribution in [3.63, 3.8) is 0 Å². The molecule has 0 aromatic carbocycles. The molecule has 20 heavy (non-hydrogen) atoms. The van der Waals surface area contributed by atoms with Crippen LogP contribution in [0.2, 0.25) is 0 Å². The summed E-state index contributed by atoms with van der Waals surface area (Å²) in [5.41, 5.74) is 0. The molecule has 1 rings (SSSR count). The number of hydrogen-bond donors (Lipinski definition) is 0. The standard InChI is InChI=1S/C14H22N2O4/c1-5-13(17)15(19-3)11-7-9-12(10-8-11)16(20-4)14(18)6-2/h5-6,11-12H,1-2,7-10H2,3-4H3. The van der Waals surface area contributed by atoms with Crippen molar-refractivity contribution >= 4 is 11.8 Å². The highest BCUT2D eigenvalue weighted by molar-refractivity contribution is 5.86. The second kappa shape index (κ2) is 7.81. The Bertz CT molecular complexity index is 339. The molecule has 0 bridgehead atoms. The summed E-state index contributed by atoms with van der Waals surface area (Å²) in [6.07, 6.45) is 5.42. The Morgan fingerprint density at radius 1 is 0.900 bits per heavy atom. The van der Waals surface area contributed by atoms with Crippen molar-refractivity contribution in [1.29, 1.82) is 0 Å². The molecule has 0 heterocycles. The second-order valence-electron chi connectivity index (χ2n) is 4.56. The first-order valence-corrected chi connectivity index (χ1v) is 6.58. The largest absolute Gasteiger partial charge is 0.274 e. The molecule has 0 N–H and O–H groups in total. The fourth-order valence-electron chi connectivity index (χ4n) is 2.55. The molecule has 112 valence electrons. The van der Waals surface area contributed by atoms with E-state index in [1.807, 2.05) is 0 Å². The smallest absolute Gasteiger partial charge is 0.269 e. The van der Waals surface area contributed by atoms with Crippen LogP contribution in [0.4, 0.5) is 0 Å². The highest BCUT2D eigenvalue weighted by Crippen LogP contribution is 2.27. The molecule has 0 aromatic heterocycles. The normalized spacial score (nSPS) is 21.9. The van der Waals surface area contributed by atoms with Gasteiger partial charge in [-0.3, -0.25) is 19.3 Å². The Balaban J connectivity index is 2.62. The molecule has 1 aliphatic carbocycles. The molecule has 0 unspecified atom stereocenters. The third kappa shape index (κ3) is 3.68. The van der Waals surface area contributed by atoms with Crippen molar-refractivity contribution in [2.45, 2.75) is 37.8 Å². The van der Waals surface area contributed by atoms with E-state index in [9.17, 15) is 9.59 Å². The summed E-state index contributed by atoms with van der Waals surface area (Å²) >= 11 is 0. The third-order valence-corrected chi connectivity index (χ3v) is 3.51. The molecule has 6 heteroatoms. The number of amides is 2. The lowest BCUT2D eigenvalue weighted by molar-refractivity contribution is -0.199. The molecule has 0 radical (unpaired) electrons. The van der Waals surface area contributed by atoms with Gasteiger partial charge in [0.15, 0.2) is 0 Å². The highest BCUT2D eigenvalue weighted by Gasteiger charge is 2.32. The number of rotatable bonds is 6. The lowest BCUT2D eigenvalue weighted by Gasteiger charge is -2.37. The van der Waals surface area contributed by atoms with Gasteiger partial charge in [-0.1, -0.05) is 13.2 Å². The average Bonchev–Trinajstić information content (AvgIpc) is 2.49. The zero-order chi connectivity index (χ0) is 15.1. The Labute approximate surface area is 119 Å². The zero-order valence-corrected chi connectivity index (χ0v) is 12.1. The van der Waals surface area contributed by atoms with Crippen LogP contribution in [-0.2, 0) is 19.3 Å². The molecule has 0 spiro atoms. The van der Waals surface area contributed by atoms with Crippen molar-refractivity contribution in [3.05, 3.63) is 25.3 Å². The monoisotopic (exact) mass is 282 g/mol. The summed E-state index contributed by atoms with van der Waals surface area (Å²) in [6, 6.07) is -0.00132. The summed E-state index contributed by atoms with van der Waals surface area (Å²) in [4.78, 5) is 33.5. The molecule has 0 atom stereocenters. The maximum atomic E-state index is 11.6. The Hall–Kier alpha value is -1.66. The lowest BCUT2D eigenvalue weighted by atomic mass is 9.90. The molecule has 1 aliphatic rings. The Morgan fingerprint density at radius 2 is 1.20 bits per heavy atom.